The van der Waals surface area contributed by atoms with Gasteiger partial charge in [-0.3, -0.25) is 9.58 Å². The maximum Gasteiger partial charge on any atom is 0.333 e. The van der Waals surface area contributed by atoms with E-state index in [1.165, 1.54) is 54.6 Å². The van der Waals surface area contributed by atoms with Crippen LogP contribution in [-0.4, -0.2) is 41.3 Å². The van der Waals surface area contributed by atoms with Gasteiger partial charge in [-0.1, -0.05) is 19.1 Å². The van der Waals surface area contributed by atoms with Crippen LogP contribution in [0.15, 0.2) is 18.2 Å². The van der Waals surface area contributed by atoms with Crippen molar-refractivity contribution in [3.05, 3.63) is 35.0 Å². The van der Waals surface area contributed by atoms with Gasteiger partial charge in [0.05, 0.1) is 5.52 Å². The molecule has 1 fully saturated rings. The largest absolute Gasteiger partial charge is 0.337 e. The Kier molecular flexibility index (Phi) is 4.65. The standard InChI is InChI=1S/C21H30N4O/c1-4-11-24-12-7-9-15-16-8-6-10-18-20(16)17(13-19(15)24)14(3)25(18)23-21(26)22-5-2/h6,8,10,15,19H,4-5,7,9,11-13H2,1-3H3,(H2,22,23,26)/t15-,19-/m1/s1. The minimum atomic E-state index is -0.145. The van der Waals surface area contributed by atoms with Gasteiger partial charge >= 0.3 is 6.03 Å². The van der Waals surface area contributed by atoms with Gasteiger partial charge in [0, 0.05) is 29.6 Å². The van der Waals surface area contributed by atoms with Crippen molar-refractivity contribution in [2.45, 2.75) is 58.4 Å². The molecule has 1 aliphatic carbocycles. The first kappa shape index (κ1) is 17.4. The van der Waals surface area contributed by atoms with Crippen molar-refractivity contribution in [1.82, 2.24) is 14.9 Å². The van der Waals surface area contributed by atoms with Gasteiger partial charge in [-0.05, 0) is 69.8 Å². The third kappa shape index (κ3) is 2.69. The summed E-state index contributed by atoms with van der Waals surface area (Å²) in [6, 6.07) is 7.05. The Morgan fingerprint density at radius 1 is 1.31 bits per heavy atom. The van der Waals surface area contributed by atoms with Gasteiger partial charge in [0.2, 0.25) is 0 Å². The maximum atomic E-state index is 12.1. The van der Waals surface area contributed by atoms with Crippen LogP contribution in [0.5, 0.6) is 0 Å². The van der Waals surface area contributed by atoms with Gasteiger partial charge in [-0.15, -0.1) is 0 Å². The summed E-state index contributed by atoms with van der Waals surface area (Å²) < 4.78 is 1.99. The second kappa shape index (κ2) is 6.95. The molecule has 4 rings (SSSR count). The van der Waals surface area contributed by atoms with Gasteiger partial charge in [0.1, 0.15) is 0 Å². The monoisotopic (exact) mass is 354 g/mol. The van der Waals surface area contributed by atoms with Crippen LogP contribution in [0, 0.1) is 6.92 Å². The molecule has 26 heavy (non-hydrogen) atoms. The summed E-state index contributed by atoms with van der Waals surface area (Å²) in [5, 5.41) is 4.21. The Bertz CT molecular complexity index is 823. The summed E-state index contributed by atoms with van der Waals surface area (Å²) in [5.41, 5.74) is 8.23. The van der Waals surface area contributed by atoms with Crippen LogP contribution >= 0.6 is 0 Å². The number of benzene rings is 1. The zero-order valence-electron chi connectivity index (χ0n) is 16.1. The lowest BCUT2D eigenvalue weighted by atomic mass is 9.74. The molecule has 0 radical (unpaired) electrons. The number of aromatic nitrogens is 1. The van der Waals surface area contributed by atoms with Crippen molar-refractivity contribution >= 4 is 16.9 Å². The maximum absolute atomic E-state index is 12.1. The number of urea groups is 1. The number of nitrogens with one attached hydrogen (secondary N) is 2. The summed E-state index contributed by atoms with van der Waals surface area (Å²) in [5.74, 6) is 0.617. The Hall–Kier alpha value is -2.01. The molecule has 0 spiro atoms. The molecule has 2 atom stereocenters. The van der Waals surface area contributed by atoms with E-state index in [0.29, 0.717) is 18.5 Å². The van der Waals surface area contributed by atoms with Crippen molar-refractivity contribution in [2.75, 3.05) is 25.1 Å². The topological polar surface area (TPSA) is 49.3 Å². The van der Waals surface area contributed by atoms with Crippen LogP contribution in [0.1, 0.15) is 55.8 Å². The number of likely N-dealkylation sites (tertiary alicyclic amines) is 1. The number of carbonyl (C=O) groups is 1. The Balaban J connectivity index is 1.80. The van der Waals surface area contributed by atoms with Crippen LogP contribution < -0.4 is 10.7 Å². The van der Waals surface area contributed by atoms with Crippen molar-refractivity contribution in [3.63, 3.8) is 0 Å². The highest BCUT2D eigenvalue weighted by Gasteiger charge is 2.38. The number of nitrogens with zero attached hydrogens (tertiary/aromatic N) is 2. The van der Waals surface area contributed by atoms with Gasteiger partial charge in [-0.2, -0.15) is 0 Å². The summed E-state index contributed by atoms with van der Waals surface area (Å²) in [4.78, 5) is 14.8. The van der Waals surface area contributed by atoms with Crippen LogP contribution in [0.25, 0.3) is 10.9 Å². The highest BCUT2D eigenvalue weighted by atomic mass is 16.2. The number of rotatable bonds is 4. The summed E-state index contributed by atoms with van der Waals surface area (Å²) in [6.07, 6.45) is 4.86. The van der Waals surface area contributed by atoms with Gasteiger partial charge in [0.25, 0.3) is 0 Å². The fraction of sp³-hybridized carbons (Fsp3) is 0.571. The molecule has 1 aliphatic heterocycles. The van der Waals surface area contributed by atoms with E-state index in [9.17, 15) is 4.79 Å². The van der Waals surface area contributed by atoms with Crippen LogP contribution in [0.3, 0.4) is 0 Å². The number of carbonyl (C=O) groups excluding carboxylic acids is 1. The molecule has 2 aromatic rings. The summed E-state index contributed by atoms with van der Waals surface area (Å²) >= 11 is 0. The van der Waals surface area contributed by atoms with Crippen LogP contribution in [0.4, 0.5) is 4.79 Å². The number of hydrogen-bond acceptors (Lipinski definition) is 2. The molecule has 5 heteroatoms. The van der Waals surface area contributed by atoms with E-state index >= 15 is 0 Å². The van der Waals surface area contributed by atoms with Crippen molar-refractivity contribution in [3.8, 4) is 0 Å². The normalized spacial score (nSPS) is 22.3. The zero-order valence-corrected chi connectivity index (χ0v) is 16.1. The SMILES string of the molecule is CCCN1CCC[C@@H]2c3cccc4c3c(c(C)n4NC(=O)NCC)C[C@H]21. The molecule has 2 N–H and O–H groups in total. The molecule has 1 saturated heterocycles. The van der Waals surface area contributed by atoms with E-state index in [0.717, 1.165) is 11.9 Å². The first-order chi connectivity index (χ1) is 12.7. The molecule has 140 valence electrons. The summed E-state index contributed by atoms with van der Waals surface area (Å²) in [6.45, 7) is 9.37. The number of fused-ring (bicyclic) bond motifs is 2. The van der Waals surface area contributed by atoms with E-state index in [4.69, 9.17) is 0 Å². The first-order valence-electron chi connectivity index (χ1n) is 10.1. The Labute approximate surface area is 155 Å². The van der Waals surface area contributed by atoms with Crippen molar-refractivity contribution < 1.29 is 4.79 Å². The molecule has 1 aromatic heterocycles. The number of hydrogen-bond donors (Lipinski definition) is 2. The average molecular weight is 354 g/mol. The van der Waals surface area contributed by atoms with Crippen LogP contribution in [0.2, 0.25) is 0 Å². The smallest absolute Gasteiger partial charge is 0.333 e. The highest BCUT2D eigenvalue weighted by molar-refractivity contribution is 5.93. The molecular formula is C21H30N4O. The van der Waals surface area contributed by atoms with E-state index in [-0.39, 0.29) is 6.03 Å². The lowest BCUT2D eigenvalue weighted by molar-refractivity contribution is 0.124. The van der Waals surface area contributed by atoms with E-state index in [2.05, 4.69) is 47.7 Å². The van der Waals surface area contributed by atoms with E-state index < -0.39 is 0 Å². The van der Waals surface area contributed by atoms with Crippen molar-refractivity contribution in [1.29, 1.82) is 0 Å². The molecule has 0 saturated carbocycles. The lowest BCUT2D eigenvalue weighted by Gasteiger charge is -2.44. The number of amides is 2. The first-order valence-corrected chi connectivity index (χ1v) is 10.1. The predicted octanol–water partition coefficient (Wildman–Crippen LogP) is 3.74. The second-order valence-corrected chi connectivity index (χ2v) is 7.67. The minimum absolute atomic E-state index is 0.145. The van der Waals surface area contributed by atoms with E-state index in [1.54, 1.807) is 0 Å². The molecule has 2 heterocycles. The van der Waals surface area contributed by atoms with Gasteiger partial charge < -0.3 is 5.32 Å². The quantitative estimate of drug-likeness (QED) is 0.879. The molecule has 0 unspecified atom stereocenters. The summed E-state index contributed by atoms with van der Waals surface area (Å²) in [7, 11) is 0. The van der Waals surface area contributed by atoms with Gasteiger partial charge in [0.15, 0.2) is 0 Å². The van der Waals surface area contributed by atoms with Crippen LogP contribution in [-0.2, 0) is 6.42 Å². The molecule has 5 nitrogen and oxygen atoms in total. The Morgan fingerprint density at radius 2 is 2.15 bits per heavy atom. The molecule has 2 amide bonds. The fourth-order valence-electron chi connectivity index (χ4n) is 5.11. The Morgan fingerprint density at radius 3 is 2.92 bits per heavy atom. The second-order valence-electron chi connectivity index (χ2n) is 7.67. The third-order valence-corrected chi connectivity index (χ3v) is 6.16. The molecular weight excluding hydrogens is 324 g/mol. The molecule has 2 aliphatic rings. The average Bonchev–Trinajstić information content (AvgIpc) is 2.90. The lowest BCUT2D eigenvalue weighted by Crippen LogP contribution is -2.47. The number of piperidine rings is 1. The van der Waals surface area contributed by atoms with Crippen molar-refractivity contribution in [2.24, 2.45) is 0 Å². The molecule has 0 bridgehead atoms. The highest BCUT2D eigenvalue weighted by Crippen LogP contribution is 2.45. The predicted molar refractivity (Wildman–Crippen MR) is 106 cm³/mol. The third-order valence-electron chi connectivity index (χ3n) is 6.16. The van der Waals surface area contributed by atoms with E-state index in [1.807, 2.05) is 11.6 Å². The zero-order chi connectivity index (χ0) is 18.3. The fourth-order valence-corrected chi connectivity index (χ4v) is 5.11. The minimum Gasteiger partial charge on any atom is -0.337 e. The van der Waals surface area contributed by atoms with Gasteiger partial charge in [-0.25, -0.2) is 10.2 Å². The molecule has 1 aromatic carbocycles.